The van der Waals surface area contributed by atoms with Crippen molar-refractivity contribution in [1.82, 2.24) is 4.98 Å². The first kappa shape index (κ1) is 8.70. The zero-order valence-corrected chi connectivity index (χ0v) is 9.22. The summed E-state index contributed by atoms with van der Waals surface area (Å²) in [4.78, 5) is 4.53. The van der Waals surface area contributed by atoms with E-state index in [0.717, 1.165) is 15.7 Å². The third-order valence-corrected chi connectivity index (χ3v) is 2.88. The highest BCUT2D eigenvalue weighted by Crippen LogP contribution is 2.23. The lowest BCUT2D eigenvalue weighted by molar-refractivity contribution is 1.19. The van der Waals surface area contributed by atoms with Gasteiger partial charge in [-0.1, -0.05) is 12.1 Å². The predicted octanol–water partition coefficient (Wildman–Crippen LogP) is 3.61. The molecule has 0 aliphatic carbocycles. The SMILES string of the molecule is Cc1cc2cccc(Br)c2nc1C. The Morgan fingerprint density at radius 3 is 2.77 bits per heavy atom. The maximum absolute atomic E-state index is 4.53. The van der Waals surface area contributed by atoms with E-state index in [1.165, 1.54) is 10.9 Å². The first-order chi connectivity index (χ1) is 6.18. The summed E-state index contributed by atoms with van der Waals surface area (Å²) in [5, 5.41) is 1.19. The van der Waals surface area contributed by atoms with Gasteiger partial charge in [-0.3, -0.25) is 4.98 Å². The van der Waals surface area contributed by atoms with Gasteiger partial charge in [0.25, 0.3) is 0 Å². The van der Waals surface area contributed by atoms with Gasteiger partial charge in [0.2, 0.25) is 0 Å². The number of aromatic nitrogens is 1. The van der Waals surface area contributed by atoms with Crippen molar-refractivity contribution in [1.29, 1.82) is 0 Å². The number of para-hydroxylation sites is 1. The van der Waals surface area contributed by atoms with Crippen molar-refractivity contribution < 1.29 is 0 Å². The van der Waals surface area contributed by atoms with E-state index in [2.05, 4.69) is 40.0 Å². The van der Waals surface area contributed by atoms with E-state index in [9.17, 15) is 0 Å². The Morgan fingerprint density at radius 1 is 1.23 bits per heavy atom. The fourth-order valence-corrected chi connectivity index (χ4v) is 1.83. The van der Waals surface area contributed by atoms with Crippen molar-refractivity contribution in [2.24, 2.45) is 0 Å². The van der Waals surface area contributed by atoms with Crippen molar-refractivity contribution in [2.75, 3.05) is 0 Å². The normalized spacial score (nSPS) is 10.7. The summed E-state index contributed by atoms with van der Waals surface area (Å²) in [5.41, 5.74) is 3.38. The molecule has 66 valence electrons. The number of hydrogen-bond acceptors (Lipinski definition) is 1. The van der Waals surface area contributed by atoms with Gasteiger partial charge in [-0.15, -0.1) is 0 Å². The molecule has 2 heteroatoms. The topological polar surface area (TPSA) is 12.9 Å². The molecule has 0 amide bonds. The fourth-order valence-electron chi connectivity index (χ4n) is 1.36. The second-order valence-electron chi connectivity index (χ2n) is 3.20. The minimum absolute atomic E-state index is 1.05. The van der Waals surface area contributed by atoms with Crippen LogP contribution in [0.25, 0.3) is 10.9 Å². The fraction of sp³-hybridized carbons (Fsp3) is 0.182. The lowest BCUT2D eigenvalue weighted by Crippen LogP contribution is -1.88. The third kappa shape index (κ3) is 1.46. The van der Waals surface area contributed by atoms with Crippen LogP contribution in [0.1, 0.15) is 11.3 Å². The molecule has 0 spiro atoms. The molecule has 0 N–H and O–H groups in total. The third-order valence-electron chi connectivity index (χ3n) is 2.24. The molecule has 0 aliphatic heterocycles. The summed E-state index contributed by atoms with van der Waals surface area (Å²) in [6, 6.07) is 8.30. The van der Waals surface area contributed by atoms with E-state index in [0.29, 0.717) is 0 Å². The molecule has 0 saturated heterocycles. The van der Waals surface area contributed by atoms with E-state index in [1.807, 2.05) is 19.1 Å². The summed E-state index contributed by atoms with van der Waals surface area (Å²) in [5.74, 6) is 0. The van der Waals surface area contributed by atoms with Gasteiger partial charge in [0.05, 0.1) is 5.52 Å². The number of fused-ring (bicyclic) bond motifs is 1. The van der Waals surface area contributed by atoms with Crippen LogP contribution < -0.4 is 0 Å². The van der Waals surface area contributed by atoms with Gasteiger partial charge in [-0.05, 0) is 47.5 Å². The predicted molar refractivity (Wildman–Crippen MR) is 58.9 cm³/mol. The number of pyridine rings is 1. The van der Waals surface area contributed by atoms with Crippen LogP contribution in [0.3, 0.4) is 0 Å². The number of rotatable bonds is 0. The lowest BCUT2D eigenvalue weighted by Gasteiger charge is -2.03. The van der Waals surface area contributed by atoms with Crippen molar-refractivity contribution in [2.45, 2.75) is 13.8 Å². The van der Waals surface area contributed by atoms with Gasteiger partial charge >= 0.3 is 0 Å². The van der Waals surface area contributed by atoms with Crippen molar-refractivity contribution >= 4 is 26.8 Å². The molecule has 2 rings (SSSR count). The van der Waals surface area contributed by atoms with Crippen LogP contribution >= 0.6 is 15.9 Å². The molecule has 1 aromatic carbocycles. The molecule has 0 atom stereocenters. The molecular formula is C11H10BrN. The Balaban J connectivity index is 2.89. The first-order valence-corrected chi connectivity index (χ1v) is 5.00. The Labute approximate surface area is 85.9 Å². The van der Waals surface area contributed by atoms with Crippen LogP contribution in [0.15, 0.2) is 28.7 Å². The molecule has 0 radical (unpaired) electrons. The van der Waals surface area contributed by atoms with Crippen molar-refractivity contribution in [3.63, 3.8) is 0 Å². The monoisotopic (exact) mass is 235 g/mol. The average molecular weight is 236 g/mol. The zero-order valence-electron chi connectivity index (χ0n) is 7.63. The van der Waals surface area contributed by atoms with Crippen LogP contribution in [-0.2, 0) is 0 Å². The molecule has 13 heavy (non-hydrogen) atoms. The standard InChI is InChI=1S/C11H10BrN/c1-7-6-9-4-3-5-10(12)11(9)13-8(7)2/h3-6H,1-2H3. The van der Waals surface area contributed by atoms with E-state index in [1.54, 1.807) is 0 Å². The van der Waals surface area contributed by atoms with Gasteiger partial charge in [-0.25, -0.2) is 0 Å². The quantitative estimate of drug-likeness (QED) is 0.680. The molecule has 0 aliphatic rings. The largest absolute Gasteiger partial charge is 0.252 e. The zero-order chi connectivity index (χ0) is 9.42. The lowest BCUT2D eigenvalue weighted by atomic mass is 10.1. The summed E-state index contributed by atoms with van der Waals surface area (Å²) in [7, 11) is 0. The van der Waals surface area contributed by atoms with E-state index < -0.39 is 0 Å². The maximum atomic E-state index is 4.53. The first-order valence-electron chi connectivity index (χ1n) is 4.21. The summed E-state index contributed by atoms with van der Waals surface area (Å²) in [6.45, 7) is 4.12. The van der Waals surface area contributed by atoms with Crippen LogP contribution in [0, 0.1) is 13.8 Å². The number of halogens is 1. The van der Waals surface area contributed by atoms with Gasteiger partial charge in [0, 0.05) is 15.6 Å². The molecule has 1 nitrogen and oxygen atoms in total. The van der Waals surface area contributed by atoms with Gasteiger partial charge in [0.1, 0.15) is 0 Å². The molecule has 1 aromatic heterocycles. The van der Waals surface area contributed by atoms with Crippen LogP contribution in [0.5, 0.6) is 0 Å². The Bertz CT molecular complexity index is 463. The summed E-state index contributed by atoms with van der Waals surface area (Å²) in [6.07, 6.45) is 0. The van der Waals surface area contributed by atoms with Gasteiger partial charge < -0.3 is 0 Å². The smallest absolute Gasteiger partial charge is 0.0847 e. The Hall–Kier alpha value is -0.890. The van der Waals surface area contributed by atoms with Gasteiger partial charge in [-0.2, -0.15) is 0 Å². The second-order valence-corrected chi connectivity index (χ2v) is 4.06. The Morgan fingerprint density at radius 2 is 2.00 bits per heavy atom. The van der Waals surface area contributed by atoms with Gasteiger partial charge in [0.15, 0.2) is 0 Å². The molecular weight excluding hydrogens is 226 g/mol. The number of aryl methyl sites for hydroxylation is 2. The average Bonchev–Trinajstić information content (AvgIpc) is 2.09. The minimum Gasteiger partial charge on any atom is -0.252 e. The van der Waals surface area contributed by atoms with E-state index in [4.69, 9.17) is 0 Å². The summed E-state index contributed by atoms with van der Waals surface area (Å²) < 4.78 is 1.06. The minimum atomic E-state index is 1.05. The van der Waals surface area contributed by atoms with Crippen molar-refractivity contribution in [3.05, 3.63) is 40.0 Å². The molecule has 0 bridgehead atoms. The highest BCUT2D eigenvalue weighted by Gasteiger charge is 2.01. The molecule has 1 heterocycles. The second kappa shape index (κ2) is 3.11. The Kier molecular flexibility index (Phi) is 2.08. The van der Waals surface area contributed by atoms with E-state index in [-0.39, 0.29) is 0 Å². The molecule has 0 unspecified atom stereocenters. The van der Waals surface area contributed by atoms with Crippen molar-refractivity contribution in [3.8, 4) is 0 Å². The summed E-state index contributed by atoms with van der Waals surface area (Å²) >= 11 is 3.49. The van der Waals surface area contributed by atoms with Crippen LogP contribution in [-0.4, -0.2) is 4.98 Å². The molecule has 0 fully saturated rings. The van der Waals surface area contributed by atoms with Crippen LogP contribution in [0.4, 0.5) is 0 Å². The molecule has 2 aromatic rings. The van der Waals surface area contributed by atoms with E-state index >= 15 is 0 Å². The number of nitrogens with zero attached hydrogens (tertiary/aromatic N) is 1. The molecule has 0 saturated carbocycles. The number of hydrogen-bond donors (Lipinski definition) is 0. The highest BCUT2D eigenvalue weighted by molar-refractivity contribution is 9.10. The highest BCUT2D eigenvalue weighted by atomic mass is 79.9. The van der Waals surface area contributed by atoms with Crippen LogP contribution in [0.2, 0.25) is 0 Å². The number of benzene rings is 1. The maximum Gasteiger partial charge on any atom is 0.0847 e.